The summed E-state index contributed by atoms with van der Waals surface area (Å²) in [5, 5.41) is 13.6. The Labute approximate surface area is 247 Å². The van der Waals surface area contributed by atoms with E-state index < -0.39 is 0 Å². The first kappa shape index (κ1) is 31.8. The Bertz CT molecular complexity index is 1360. The SMILES string of the molecule is CCCNc1nc(Nc2ccc(Cn3cncn3)cc2)ncc1C#CCCCNC(=O)CN(C)C(=O)C=CCN(C)C. The molecule has 12 heteroatoms. The predicted octanol–water partition coefficient (Wildman–Crippen LogP) is 2.51. The summed E-state index contributed by atoms with van der Waals surface area (Å²) in [5.41, 5.74) is 2.69. The molecule has 0 spiro atoms. The van der Waals surface area contributed by atoms with Crippen molar-refractivity contribution in [1.29, 1.82) is 0 Å². The van der Waals surface area contributed by atoms with E-state index in [1.54, 1.807) is 30.3 Å². The van der Waals surface area contributed by atoms with Crippen LogP contribution < -0.4 is 16.0 Å². The second-order valence-corrected chi connectivity index (χ2v) is 9.91. The molecule has 0 saturated carbocycles. The van der Waals surface area contributed by atoms with Crippen LogP contribution in [0.4, 0.5) is 17.5 Å². The molecule has 0 aliphatic carbocycles. The van der Waals surface area contributed by atoms with Crippen LogP contribution in [-0.2, 0) is 16.1 Å². The molecule has 0 aliphatic heterocycles. The lowest BCUT2D eigenvalue weighted by Crippen LogP contribution is -2.38. The Kier molecular flexibility index (Phi) is 13.0. The standard InChI is InChI=1S/C30H40N10O2/c1-5-16-33-29-25(10-7-6-8-17-32-27(41)21-39(4)28(42)11-9-18-38(2)3)19-34-30(37-29)36-26-14-12-24(13-15-26)20-40-23-31-22-35-40/h9,11-15,19,22-23H,5-6,8,16-18,20-21H2,1-4H3,(H,32,41)(H2,33,34,36,37). The molecular formula is C30H40N10O2. The average molecular weight is 573 g/mol. The molecule has 0 fully saturated rings. The summed E-state index contributed by atoms with van der Waals surface area (Å²) < 4.78 is 1.77. The van der Waals surface area contributed by atoms with Crippen molar-refractivity contribution in [2.45, 2.75) is 32.7 Å². The summed E-state index contributed by atoms with van der Waals surface area (Å²) in [4.78, 5) is 40.6. The summed E-state index contributed by atoms with van der Waals surface area (Å²) in [6.07, 6.45) is 10.4. The van der Waals surface area contributed by atoms with Gasteiger partial charge in [-0.25, -0.2) is 14.6 Å². The highest BCUT2D eigenvalue weighted by Crippen LogP contribution is 2.18. The van der Waals surface area contributed by atoms with Crippen LogP contribution >= 0.6 is 0 Å². The van der Waals surface area contributed by atoms with Crippen molar-refractivity contribution in [2.75, 3.05) is 58.0 Å². The van der Waals surface area contributed by atoms with E-state index in [2.05, 4.69) is 54.8 Å². The summed E-state index contributed by atoms with van der Waals surface area (Å²) >= 11 is 0. The lowest BCUT2D eigenvalue weighted by Gasteiger charge is -2.14. The minimum atomic E-state index is -0.203. The van der Waals surface area contributed by atoms with Gasteiger partial charge >= 0.3 is 0 Å². The fraction of sp³-hybridized carbons (Fsp3) is 0.400. The maximum Gasteiger partial charge on any atom is 0.246 e. The van der Waals surface area contributed by atoms with Crippen molar-refractivity contribution in [3.63, 3.8) is 0 Å². The lowest BCUT2D eigenvalue weighted by atomic mass is 10.2. The first-order valence-corrected chi connectivity index (χ1v) is 13.9. The summed E-state index contributed by atoms with van der Waals surface area (Å²) in [6, 6.07) is 7.98. The first-order chi connectivity index (χ1) is 20.3. The van der Waals surface area contributed by atoms with Gasteiger partial charge in [-0.05, 0) is 44.6 Å². The van der Waals surface area contributed by atoms with Crippen LogP contribution in [0.1, 0.15) is 37.3 Å². The predicted molar refractivity (Wildman–Crippen MR) is 164 cm³/mol. The van der Waals surface area contributed by atoms with Gasteiger partial charge in [-0.2, -0.15) is 10.1 Å². The molecule has 0 saturated heterocycles. The van der Waals surface area contributed by atoms with Crippen molar-refractivity contribution < 1.29 is 9.59 Å². The Hall–Kier alpha value is -4.76. The third kappa shape index (κ3) is 11.4. The molecule has 3 aromatic rings. The van der Waals surface area contributed by atoms with Crippen molar-refractivity contribution in [3.05, 3.63) is 66.4 Å². The third-order valence-corrected chi connectivity index (χ3v) is 5.86. The van der Waals surface area contributed by atoms with Crippen LogP contribution in [0.15, 0.2) is 55.3 Å². The van der Waals surface area contributed by atoms with Gasteiger partial charge in [0.1, 0.15) is 18.5 Å². The van der Waals surface area contributed by atoms with Crippen LogP contribution in [0, 0.1) is 11.8 Å². The number of rotatable bonds is 15. The maximum absolute atomic E-state index is 12.2. The van der Waals surface area contributed by atoms with E-state index in [0.29, 0.717) is 49.8 Å². The van der Waals surface area contributed by atoms with Crippen molar-refractivity contribution >= 4 is 29.3 Å². The number of benzene rings is 1. The Morgan fingerprint density at radius 1 is 1.12 bits per heavy atom. The van der Waals surface area contributed by atoms with E-state index >= 15 is 0 Å². The highest BCUT2D eigenvalue weighted by molar-refractivity contribution is 5.91. The first-order valence-electron chi connectivity index (χ1n) is 13.9. The minimum absolute atomic E-state index is 0.00807. The van der Waals surface area contributed by atoms with Crippen LogP contribution in [0.5, 0.6) is 0 Å². The number of hydrogen-bond acceptors (Lipinski definition) is 9. The lowest BCUT2D eigenvalue weighted by molar-refractivity contribution is -0.131. The summed E-state index contributed by atoms with van der Waals surface area (Å²) in [6.45, 7) is 4.64. The zero-order valence-corrected chi connectivity index (χ0v) is 24.8. The number of carbonyl (C=O) groups is 2. The van der Waals surface area contributed by atoms with E-state index in [4.69, 9.17) is 0 Å². The second kappa shape index (κ2) is 17.1. The number of nitrogens with one attached hydrogen (secondary N) is 3. The van der Waals surface area contributed by atoms with Crippen LogP contribution in [0.25, 0.3) is 0 Å². The van der Waals surface area contributed by atoms with Gasteiger partial charge in [-0.3, -0.25) is 9.59 Å². The molecule has 0 aliphatic rings. The van der Waals surface area contributed by atoms with E-state index in [-0.39, 0.29) is 18.4 Å². The summed E-state index contributed by atoms with van der Waals surface area (Å²) in [7, 11) is 5.45. The number of amides is 2. The Balaban J connectivity index is 1.47. The number of carbonyl (C=O) groups excluding carboxylic acids is 2. The second-order valence-electron chi connectivity index (χ2n) is 9.91. The smallest absolute Gasteiger partial charge is 0.246 e. The van der Waals surface area contributed by atoms with Gasteiger partial charge < -0.3 is 25.8 Å². The zero-order chi connectivity index (χ0) is 30.2. The molecule has 2 aromatic heterocycles. The highest BCUT2D eigenvalue weighted by atomic mass is 16.2. The van der Waals surface area contributed by atoms with Gasteiger partial charge in [0, 0.05) is 44.9 Å². The molecule has 0 atom stereocenters. The molecule has 3 N–H and O–H groups in total. The number of aromatic nitrogens is 5. The molecule has 2 heterocycles. The normalized spacial score (nSPS) is 10.8. The minimum Gasteiger partial charge on any atom is -0.369 e. The molecule has 2 amide bonds. The topological polar surface area (TPSA) is 133 Å². The van der Waals surface area contributed by atoms with Crippen molar-refractivity contribution in [3.8, 4) is 11.8 Å². The number of nitrogens with zero attached hydrogens (tertiary/aromatic N) is 7. The molecule has 0 radical (unpaired) electrons. The van der Waals surface area contributed by atoms with Gasteiger partial charge in [0.05, 0.1) is 24.8 Å². The monoisotopic (exact) mass is 572 g/mol. The highest BCUT2D eigenvalue weighted by Gasteiger charge is 2.10. The number of unbranched alkanes of at least 4 members (excludes halogenated alkanes) is 1. The van der Waals surface area contributed by atoms with Gasteiger partial charge in [0.25, 0.3) is 0 Å². The number of hydrogen-bond donors (Lipinski definition) is 3. The molecule has 42 heavy (non-hydrogen) atoms. The maximum atomic E-state index is 12.2. The number of anilines is 3. The van der Waals surface area contributed by atoms with Crippen molar-refractivity contribution in [2.24, 2.45) is 0 Å². The van der Waals surface area contributed by atoms with Gasteiger partial charge in [-0.15, -0.1) is 0 Å². The third-order valence-electron chi connectivity index (χ3n) is 5.86. The van der Waals surface area contributed by atoms with Crippen LogP contribution in [-0.4, -0.2) is 93.7 Å². The largest absolute Gasteiger partial charge is 0.369 e. The van der Waals surface area contributed by atoms with Crippen molar-refractivity contribution in [1.82, 2.24) is 39.8 Å². The van der Waals surface area contributed by atoms with E-state index in [9.17, 15) is 9.59 Å². The quantitative estimate of drug-likeness (QED) is 0.143. The van der Waals surface area contributed by atoms with E-state index in [0.717, 1.165) is 24.2 Å². The molecule has 12 nitrogen and oxygen atoms in total. The molecule has 0 bridgehead atoms. The average Bonchev–Trinajstić information content (AvgIpc) is 3.48. The van der Waals surface area contributed by atoms with E-state index in [1.165, 1.54) is 17.3 Å². The summed E-state index contributed by atoms with van der Waals surface area (Å²) in [5.74, 6) is 7.04. The van der Waals surface area contributed by atoms with Gasteiger partial charge in [0.15, 0.2) is 0 Å². The van der Waals surface area contributed by atoms with Gasteiger partial charge in [-0.1, -0.05) is 37.0 Å². The van der Waals surface area contributed by atoms with Crippen LogP contribution in [0.3, 0.4) is 0 Å². The molecule has 1 aromatic carbocycles. The Morgan fingerprint density at radius 2 is 1.93 bits per heavy atom. The molecule has 222 valence electrons. The fourth-order valence-corrected chi connectivity index (χ4v) is 3.64. The van der Waals surface area contributed by atoms with Crippen LogP contribution in [0.2, 0.25) is 0 Å². The van der Waals surface area contributed by atoms with E-state index in [1.807, 2.05) is 43.3 Å². The zero-order valence-electron chi connectivity index (χ0n) is 24.8. The molecular weight excluding hydrogens is 532 g/mol. The fourth-order valence-electron chi connectivity index (χ4n) is 3.64. The van der Waals surface area contributed by atoms with Gasteiger partial charge in [0.2, 0.25) is 17.8 Å². The Morgan fingerprint density at radius 3 is 2.64 bits per heavy atom. The molecule has 0 unspecified atom stereocenters. The molecule has 3 rings (SSSR count). The number of likely N-dealkylation sites (N-methyl/N-ethyl adjacent to an activating group) is 2.